The number of amides is 2. The standard InChI is InChI=1S/C22H23N3O3/c1-28-19-7-4-6-18(13-19)24-21(26)15-9-11-16(12-10-15)22(27)25-20-8-3-2-5-17(20)14-23/h2-8,13,15-16H,9-12H2,1H3,(H,24,26)(H,25,27). The van der Waals surface area contributed by atoms with Crippen molar-refractivity contribution in [1.82, 2.24) is 0 Å². The second kappa shape index (κ2) is 9.05. The highest BCUT2D eigenvalue weighted by molar-refractivity contribution is 5.95. The molecule has 1 fully saturated rings. The van der Waals surface area contributed by atoms with Crippen LogP contribution in [0.1, 0.15) is 31.2 Å². The van der Waals surface area contributed by atoms with Crippen molar-refractivity contribution in [2.24, 2.45) is 11.8 Å². The minimum atomic E-state index is -0.146. The van der Waals surface area contributed by atoms with E-state index in [2.05, 4.69) is 16.7 Å². The van der Waals surface area contributed by atoms with E-state index in [4.69, 9.17) is 10.00 Å². The predicted molar refractivity (Wildman–Crippen MR) is 107 cm³/mol. The molecule has 0 aromatic heterocycles. The van der Waals surface area contributed by atoms with Gasteiger partial charge in [-0.3, -0.25) is 9.59 Å². The maximum atomic E-state index is 12.5. The van der Waals surface area contributed by atoms with Gasteiger partial charge < -0.3 is 15.4 Å². The van der Waals surface area contributed by atoms with Gasteiger partial charge in [0.1, 0.15) is 11.8 Å². The third-order valence-electron chi connectivity index (χ3n) is 5.11. The van der Waals surface area contributed by atoms with E-state index in [-0.39, 0.29) is 23.7 Å². The largest absolute Gasteiger partial charge is 0.497 e. The van der Waals surface area contributed by atoms with E-state index >= 15 is 0 Å². The van der Waals surface area contributed by atoms with Gasteiger partial charge in [0.15, 0.2) is 0 Å². The van der Waals surface area contributed by atoms with Gasteiger partial charge in [-0.05, 0) is 49.9 Å². The van der Waals surface area contributed by atoms with Gasteiger partial charge in [0.05, 0.1) is 18.4 Å². The zero-order chi connectivity index (χ0) is 19.9. The van der Waals surface area contributed by atoms with E-state index in [0.717, 1.165) is 0 Å². The molecule has 0 radical (unpaired) electrons. The zero-order valence-corrected chi connectivity index (χ0v) is 15.8. The van der Waals surface area contributed by atoms with Crippen LogP contribution in [0.5, 0.6) is 5.75 Å². The Morgan fingerprint density at radius 2 is 1.61 bits per heavy atom. The highest BCUT2D eigenvalue weighted by Crippen LogP contribution is 2.31. The summed E-state index contributed by atoms with van der Waals surface area (Å²) >= 11 is 0. The van der Waals surface area contributed by atoms with Crippen LogP contribution in [0.3, 0.4) is 0 Å². The summed E-state index contributed by atoms with van der Waals surface area (Å²) in [6, 6.07) is 16.3. The average molecular weight is 377 g/mol. The van der Waals surface area contributed by atoms with Crippen molar-refractivity contribution in [2.45, 2.75) is 25.7 Å². The molecule has 28 heavy (non-hydrogen) atoms. The molecule has 2 N–H and O–H groups in total. The van der Waals surface area contributed by atoms with Crippen LogP contribution < -0.4 is 15.4 Å². The molecule has 0 bridgehead atoms. The number of anilines is 2. The lowest BCUT2D eigenvalue weighted by molar-refractivity contribution is -0.125. The molecule has 0 atom stereocenters. The number of hydrogen-bond donors (Lipinski definition) is 2. The summed E-state index contributed by atoms with van der Waals surface area (Å²) in [5.41, 5.74) is 1.69. The fourth-order valence-electron chi connectivity index (χ4n) is 3.49. The molecule has 0 saturated heterocycles. The van der Waals surface area contributed by atoms with Crippen LogP contribution in [0.15, 0.2) is 48.5 Å². The monoisotopic (exact) mass is 377 g/mol. The van der Waals surface area contributed by atoms with Crippen molar-refractivity contribution in [3.05, 3.63) is 54.1 Å². The van der Waals surface area contributed by atoms with Crippen molar-refractivity contribution in [3.63, 3.8) is 0 Å². The maximum absolute atomic E-state index is 12.5. The number of ether oxygens (including phenoxy) is 1. The Balaban J connectivity index is 1.53. The minimum absolute atomic E-state index is 0.0260. The summed E-state index contributed by atoms with van der Waals surface area (Å²) < 4.78 is 5.17. The van der Waals surface area contributed by atoms with Crippen LogP contribution in [0.4, 0.5) is 11.4 Å². The van der Waals surface area contributed by atoms with Crippen LogP contribution in [0, 0.1) is 23.2 Å². The normalized spacial score (nSPS) is 18.6. The van der Waals surface area contributed by atoms with Crippen LogP contribution in [-0.2, 0) is 9.59 Å². The molecule has 3 rings (SSSR count). The average Bonchev–Trinajstić information content (AvgIpc) is 2.74. The van der Waals surface area contributed by atoms with Crippen molar-refractivity contribution in [2.75, 3.05) is 17.7 Å². The highest BCUT2D eigenvalue weighted by atomic mass is 16.5. The summed E-state index contributed by atoms with van der Waals surface area (Å²) in [5, 5.41) is 14.9. The third kappa shape index (κ3) is 4.68. The van der Waals surface area contributed by atoms with Crippen LogP contribution >= 0.6 is 0 Å². The molecule has 2 amide bonds. The smallest absolute Gasteiger partial charge is 0.227 e. The number of carbonyl (C=O) groups excluding carboxylic acids is 2. The second-order valence-electron chi connectivity index (χ2n) is 6.92. The van der Waals surface area contributed by atoms with E-state index in [1.165, 1.54) is 0 Å². The van der Waals surface area contributed by atoms with Crippen molar-refractivity contribution in [1.29, 1.82) is 5.26 Å². The van der Waals surface area contributed by atoms with Gasteiger partial charge in [-0.15, -0.1) is 0 Å². The predicted octanol–water partition coefficient (Wildman–Crippen LogP) is 3.95. The number of rotatable bonds is 5. The third-order valence-corrected chi connectivity index (χ3v) is 5.11. The number of methoxy groups -OCH3 is 1. The zero-order valence-electron chi connectivity index (χ0n) is 15.8. The molecular weight excluding hydrogens is 354 g/mol. The molecule has 2 aromatic rings. The maximum Gasteiger partial charge on any atom is 0.227 e. The lowest BCUT2D eigenvalue weighted by atomic mass is 9.81. The summed E-state index contributed by atoms with van der Waals surface area (Å²) in [4.78, 5) is 25.1. The number of nitriles is 1. The number of nitrogens with one attached hydrogen (secondary N) is 2. The Kier molecular flexibility index (Phi) is 6.28. The number of para-hydroxylation sites is 1. The van der Waals surface area contributed by atoms with Gasteiger partial charge in [-0.25, -0.2) is 0 Å². The summed E-state index contributed by atoms with van der Waals surface area (Å²) in [7, 11) is 1.59. The van der Waals surface area contributed by atoms with Gasteiger partial charge in [-0.2, -0.15) is 5.26 Å². The first-order valence-electron chi connectivity index (χ1n) is 9.35. The Morgan fingerprint density at radius 1 is 0.964 bits per heavy atom. The summed E-state index contributed by atoms with van der Waals surface area (Å²) in [6.07, 6.45) is 2.62. The van der Waals surface area contributed by atoms with Crippen LogP contribution in [0.2, 0.25) is 0 Å². The molecule has 144 valence electrons. The van der Waals surface area contributed by atoms with Crippen LogP contribution in [0.25, 0.3) is 0 Å². The molecule has 0 aliphatic heterocycles. The van der Waals surface area contributed by atoms with E-state index in [9.17, 15) is 9.59 Å². The molecular formula is C22H23N3O3. The van der Waals surface area contributed by atoms with Gasteiger partial charge in [0.25, 0.3) is 0 Å². The van der Waals surface area contributed by atoms with Gasteiger partial charge in [0, 0.05) is 23.6 Å². The molecule has 1 saturated carbocycles. The first-order valence-corrected chi connectivity index (χ1v) is 9.35. The number of hydrogen-bond acceptors (Lipinski definition) is 4. The number of benzene rings is 2. The first-order chi connectivity index (χ1) is 13.6. The molecule has 6 heteroatoms. The Morgan fingerprint density at radius 3 is 2.25 bits per heavy atom. The molecule has 6 nitrogen and oxygen atoms in total. The first kappa shape index (κ1) is 19.4. The minimum Gasteiger partial charge on any atom is -0.497 e. The Labute approximate surface area is 164 Å². The fourth-order valence-corrected chi connectivity index (χ4v) is 3.49. The van der Waals surface area contributed by atoms with Crippen molar-refractivity contribution < 1.29 is 14.3 Å². The highest BCUT2D eigenvalue weighted by Gasteiger charge is 2.30. The fraction of sp³-hybridized carbons (Fsp3) is 0.318. The number of carbonyl (C=O) groups is 2. The SMILES string of the molecule is COc1cccc(NC(=O)C2CCC(C(=O)Nc3ccccc3C#N)CC2)c1. The quantitative estimate of drug-likeness (QED) is 0.825. The van der Waals surface area contributed by atoms with Gasteiger partial charge in [-0.1, -0.05) is 18.2 Å². The van der Waals surface area contributed by atoms with Crippen molar-refractivity contribution >= 4 is 23.2 Å². The molecule has 2 aromatic carbocycles. The Bertz CT molecular complexity index is 896. The summed E-state index contributed by atoms with van der Waals surface area (Å²) in [5.74, 6) is 0.321. The summed E-state index contributed by atoms with van der Waals surface area (Å²) in [6.45, 7) is 0. The molecule has 1 aliphatic carbocycles. The molecule has 0 heterocycles. The lowest BCUT2D eigenvalue weighted by Gasteiger charge is -2.27. The van der Waals surface area contributed by atoms with Crippen molar-refractivity contribution in [3.8, 4) is 11.8 Å². The second-order valence-corrected chi connectivity index (χ2v) is 6.92. The lowest BCUT2D eigenvalue weighted by Crippen LogP contribution is -2.32. The van der Waals surface area contributed by atoms with E-state index in [1.807, 2.05) is 18.2 Å². The topological polar surface area (TPSA) is 91.2 Å². The van der Waals surface area contributed by atoms with E-state index < -0.39 is 0 Å². The van der Waals surface area contributed by atoms with E-state index in [0.29, 0.717) is 48.4 Å². The molecule has 0 unspecified atom stereocenters. The Hall–Kier alpha value is -3.33. The van der Waals surface area contributed by atoms with E-state index in [1.54, 1.807) is 37.4 Å². The van der Waals surface area contributed by atoms with Gasteiger partial charge >= 0.3 is 0 Å². The van der Waals surface area contributed by atoms with Gasteiger partial charge in [0.2, 0.25) is 11.8 Å². The number of nitrogens with zero attached hydrogens (tertiary/aromatic N) is 1. The molecule has 1 aliphatic rings. The van der Waals surface area contributed by atoms with Crippen LogP contribution in [-0.4, -0.2) is 18.9 Å². The molecule has 0 spiro atoms.